The van der Waals surface area contributed by atoms with Crippen molar-refractivity contribution in [3.8, 4) is 5.88 Å². The normalized spacial score (nSPS) is 12.2. The molecule has 0 bridgehead atoms. The molecular weight excluding hydrogens is 447 g/mol. The van der Waals surface area contributed by atoms with Crippen LogP contribution in [0.3, 0.4) is 0 Å². The first-order valence-corrected chi connectivity index (χ1v) is 9.02. The van der Waals surface area contributed by atoms with Crippen molar-refractivity contribution in [2.75, 3.05) is 13.7 Å². The van der Waals surface area contributed by atoms with Crippen LogP contribution in [0.5, 0.6) is 5.88 Å². The summed E-state index contributed by atoms with van der Waals surface area (Å²) in [5.74, 6) is 1.42. The van der Waals surface area contributed by atoms with Crippen molar-refractivity contribution in [2.24, 2.45) is 4.99 Å². The first kappa shape index (κ1) is 21.7. The molecule has 0 aromatic carbocycles. The monoisotopic (exact) mass is 474 g/mol. The average molecular weight is 474 g/mol. The molecule has 0 amide bonds. The molecule has 0 aliphatic rings. The second kappa shape index (κ2) is 11.3. The zero-order valence-corrected chi connectivity index (χ0v) is 18.4. The lowest BCUT2D eigenvalue weighted by atomic mass is 10.2. The number of pyridine rings is 1. The van der Waals surface area contributed by atoms with Gasteiger partial charge in [0, 0.05) is 34.8 Å². The van der Waals surface area contributed by atoms with Gasteiger partial charge in [0.15, 0.2) is 5.96 Å². The van der Waals surface area contributed by atoms with Crippen LogP contribution in [-0.4, -0.2) is 30.6 Å². The zero-order valence-electron chi connectivity index (χ0n) is 15.2. The summed E-state index contributed by atoms with van der Waals surface area (Å²) in [6.45, 7) is 7.71. The average Bonchev–Trinajstić information content (AvgIpc) is 2.97. The number of aromatic nitrogens is 1. The molecule has 0 saturated carbocycles. The van der Waals surface area contributed by atoms with Crippen LogP contribution >= 0.6 is 35.3 Å². The van der Waals surface area contributed by atoms with Crippen LogP contribution < -0.4 is 15.4 Å². The molecule has 138 valence electrons. The summed E-state index contributed by atoms with van der Waals surface area (Å²) in [6.07, 6.45) is 0.986. The van der Waals surface area contributed by atoms with Crippen molar-refractivity contribution in [2.45, 2.75) is 39.8 Å². The third-order valence-electron chi connectivity index (χ3n) is 3.42. The Balaban J connectivity index is 0.00000312. The number of nitrogens with zero attached hydrogens (tertiary/aromatic N) is 2. The molecule has 2 heterocycles. The van der Waals surface area contributed by atoms with Crippen molar-refractivity contribution in [1.82, 2.24) is 15.6 Å². The number of nitrogens with one attached hydrogen (secondary N) is 2. The maximum atomic E-state index is 5.15. The number of guanidine groups is 1. The van der Waals surface area contributed by atoms with Crippen LogP contribution in [0.1, 0.15) is 29.3 Å². The van der Waals surface area contributed by atoms with Crippen LogP contribution in [-0.2, 0) is 13.0 Å². The highest BCUT2D eigenvalue weighted by Crippen LogP contribution is 2.16. The van der Waals surface area contributed by atoms with E-state index < -0.39 is 0 Å². The third kappa shape index (κ3) is 7.60. The van der Waals surface area contributed by atoms with Crippen molar-refractivity contribution >= 4 is 41.3 Å². The van der Waals surface area contributed by atoms with E-state index in [4.69, 9.17) is 4.74 Å². The topological polar surface area (TPSA) is 58.5 Å². The zero-order chi connectivity index (χ0) is 17.4. The second-order valence-corrected chi connectivity index (χ2v) is 7.00. The Labute approximate surface area is 171 Å². The quantitative estimate of drug-likeness (QED) is 0.365. The predicted molar refractivity (Wildman–Crippen MR) is 116 cm³/mol. The van der Waals surface area contributed by atoms with Gasteiger partial charge in [0.05, 0.1) is 19.3 Å². The van der Waals surface area contributed by atoms with E-state index in [2.05, 4.69) is 53.5 Å². The molecule has 0 fully saturated rings. The second-order valence-electron chi connectivity index (χ2n) is 5.63. The molecule has 1 unspecified atom stereocenters. The van der Waals surface area contributed by atoms with Gasteiger partial charge in [-0.15, -0.1) is 35.3 Å². The fourth-order valence-electron chi connectivity index (χ4n) is 2.32. The van der Waals surface area contributed by atoms with Gasteiger partial charge in [-0.2, -0.15) is 0 Å². The highest BCUT2D eigenvalue weighted by Gasteiger charge is 2.08. The minimum absolute atomic E-state index is 0. The molecule has 0 aliphatic heterocycles. The largest absolute Gasteiger partial charge is 0.481 e. The van der Waals surface area contributed by atoms with E-state index in [1.165, 1.54) is 9.75 Å². The first-order valence-electron chi connectivity index (χ1n) is 8.20. The summed E-state index contributed by atoms with van der Waals surface area (Å²) < 4.78 is 5.15. The van der Waals surface area contributed by atoms with E-state index in [1.807, 2.05) is 29.5 Å². The van der Waals surface area contributed by atoms with Gasteiger partial charge in [-0.05, 0) is 39.0 Å². The SMILES string of the molecule is CCNC(=NCc1cccc(OC)n1)NC(C)Cc1ccc(C)s1.I. The van der Waals surface area contributed by atoms with Gasteiger partial charge < -0.3 is 15.4 Å². The van der Waals surface area contributed by atoms with E-state index in [0.29, 0.717) is 18.5 Å². The maximum Gasteiger partial charge on any atom is 0.213 e. The lowest BCUT2D eigenvalue weighted by Gasteiger charge is -2.17. The minimum atomic E-state index is 0. The number of hydrogen-bond donors (Lipinski definition) is 2. The number of hydrogen-bond acceptors (Lipinski definition) is 4. The Hall–Kier alpha value is -1.35. The first-order chi connectivity index (χ1) is 11.6. The summed E-state index contributed by atoms with van der Waals surface area (Å²) >= 11 is 1.85. The van der Waals surface area contributed by atoms with Gasteiger partial charge in [-0.3, -0.25) is 0 Å². The molecule has 1 atom stereocenters. The molecule has 2 N–H and O–H groups in total. The minimum Gasteiger partial charge on any atom is -0.481 e. The highest BCUT2D eigenvalue weighted by atomic mass is 127. The molecule has 7 heteroatoms. The van der Waals surface area contributed by atoms with Crippen molar-refractivity contribution in [3.63, 3.8) is 0 Å². The number of halogens is 1. The summed E-state index contributed by atoms with van der Waals surface area (Å²) in [5, 5.41) is 6.75. The summed E-state index contributed by atoms with van der Waals surface area (Å²) in [5.41, 5.74) is 0.882. The number of methoxy groups -OCH3 is 1. The lowest BCUT2D eigenvalue weighted by molar-refractivity contribution is 0.396. The van der Waals surface area contributed by atoms with Crippen molar-refractivity contribution in [3.05, 3.63) is 45.8 Å². The predicted octanol–water partition coefficient (Wildman–Crippen LogP) is 3.76. The molecule has 0 saturated heterocycles. The van der Waals surface area contributed by atoms with E-state index in [1.54, 1.807) is 7.11 Å². The number of ether oxygens (including phenoxy) is 1. The van der Waals surface area contributed by atoms with Crippen LogP contribution in [0.4, 0.5) is 0 Å². The Morgan fingerprint density at radius 3 is 2.76 bits per heavy atom. The molecule has 0 aliphatic carbocycles. The van der Waals surface area contributed by atoms with Crippen LogP contribution in [0.25, 0.3) is 0 Å². The van der Waals surface area contributed by atoms with Crippen LogP contribution in [0.15, 0.2) is 35.3 Å². The lowest BCUT2D eigenvalue weighted by Crippen LogP contribution is -2.43. The van der Waals surface area contributed by atoms with Crippen molar-refractivity contribution < 1.29 is 4.74 Å². The van der Waals surface area contributed by atoms with Gasteiger partial charge in [0.25, 0.3) is 0 Å². The third-order valence-corrected chi connectivity index (χ3v) is 4.44. The number of aliphatic imine (C=N–C) groups is 1. The summed E-state index contributed by atoms with van der Waals surface area (Å²) in [6, 6.07) is 10.4. The van der Waals surface area contributed by atoms with Gasteiger partial charge >= 0.3 is 0 Å². The van der Waals surface area contributed by atoms with Gasteiger partial charge in [0.1, 0.15) is 0 Å². The van der Waals surface area contributed by atoms with Crippen LogP contribution in [0.2, 0.25) is 0 Å². The fraction of sp³-hybridized carbons (Fsp3) is 0.444. The van der Waals surface area contributed by atoms with E-state index >= 15 is 0 Å². The van der Waals surface area contributed by atoms with E-state index in [0.717, 1.165) is 24.6 Å². The Bertz CT molecular complexity index is 675. The summed E-state index contributed by atoms with van der Waals surface area (Å²) in [7, 11) is 1.62. The number of thiophene rings is 1. The molecule has 0 radical (unpaired) electrons. The number of rotatable bonds is 7. The Morgan fingerprint density at radius 2 is 2.12 bits per heavy atom. The van der Waals surface area contributed by atoms with Gasteiger partial charge in [0.2, 0.25) is 5.88 Å². The van der Waals surface area contributed by atoms with Gasteiger partial charge in [-0.25, -0.2) is 9.98 Å². The summed E-state index contributed by atoms with van der Waals surface area (Å²) in [4.78, 5) is 11.8. The Kier molecular flexibility index (Phi) is 9.81. The van der Waals surface area contributed by atoms with Crippen LogP contribution in [0, 0.1) is 6.92 Å². The fourth-order valence-corrected chi connectivity index (χ4v) is 3.34. The standard InChI is InChI=1S/C18H26N4OS.HI/c1-5-19-18(20-12-15-7-6-8-17(22-15)23-4)21-13(2)11-16-10-9-14(3)24-16;/h6-10,13H,5,11-12H2,1-4H3,(H2,19,20,21);1H. The van der Waals surface area contributed by atoms with E-state index in [-0.39, 0.29) is 24.0 Å². The Morgan fingerprint density at radius 1 is 1.32 bits per heavy atom. The van der Waals surface area contributed by atoms with Gasteiger partial charge in [-0.1, -0.05) is 6.07 Å². The molecule has 0 spiro atoms. The molecule has 25 heavy (non-hydrogen) atoms. The molecule has 5 nitrogen and oxygen atoms in total. The van der Waals surface area contributed by atoms with Crippen molar-refractivity contribution in [1.29, 1.82) is 0 Å². The van der Waals surface area contributed by atoms with E-state index in [9.17, 15) is 0 Å². The molecule has 2 aromatic heterocycles. The number of aryl methyl sites for hydroxylation is 1. The maximum absolute atomic E-state index is 5.15. The highest BCUT2D eigenvalue weighted by molar-refractivity contribution is 14.0. The smallest absolute Gasteiger partial charge is 0.213 e. The molecule has 2 rings (SSSR count). The molecular formula is C18H27IN4OS. The molecule has 2 aromatic rings.